The normalized spacial score (nSPS) is 11.2. The fourth-order valence-corrected chi connectivity index (χ4v) is 2.19. The van der Waals surface area contributed by atoms with Gasteiger partial charge in [-0.3, -0.25) is 0 Å². The molecule has 0 unspecified atom stereocenters. The van der Waals surface area contributed by atoms with Gasteiger partial charge in [-0.05, 0) is 6.42 Å². The molecule has 0 atom stereocenters. The van der Waals surface area contributed by atoms with Gasteiger partial charge in [-0.1, -0.05) is 51.9 Å². The van der Waals surface area contributed by atoms with Gasteiger partial charge in [0.05, 0.1) is 6.61 Å². The van der Waals surface area contributed by atoms with E-state index in [2.05, 4.69) is 6.92 Å². The second-order valence-electron chi connectivity index (χ2n) is 3.90. The Morgan fingerprint density at radius 1 is 0.750 bits per heavy atom. The number of hydrogen-bond acceptors (Lipinski definition) is 3. The van der Waals surface area contributed by atoms with E-state index in [1.807, 2.05) is 0 Å². The Bertz CT molecular complexity index is 129. The average Bonchev–Trinajstić information content (AvgIpc) is 2.32. The summed E-state index contributed by atoms with van der Waals surface area (Å²) in [6.45, 7) is 3.00. The summed E-state index contributed by atoms with van der Waals surface area (Å²) in [7, 11) is 2.14. The Morgan fingerprint density at radius 3 is 1.75 bits per heavy atom. The highest BCUT2D eigenvalue weighted by molar-refractivity contribution is 7.41. The van der Waals surface area contributed by atoms with Crippen LogP contribution in [0.1, 0.15) is 58.3 Å². The molecule has 0 aromatic rings. The first-order chi connectivity index (χ1) is 7.85. The molecule has 0 aromatic carbocycles. The molecule has 0 spiro atoms. The van der Waals surface area contributed by atoms with Crippen molar-refractivity contribution >= 4 is 8.60 Å². The highest BCUT2D eigenvalue weighted by Crippen LogP contribution is 2.37. The predicted octanol–water partition coefficient (Wildman–Crippen LogP) is 4.66. The molecule has 0 radical (unpaired) electrons. The van der Waals surface area contributed by atoms with E-state index in [0.717, 1.165) is 13.0 Å². The molecule has 0 amide bonds. The Hall–Kier alpha value is 0.310. The highest BCUT2D eigenvalue weighted by Gasteiger charge is 2.05. The van der Waals surface area contributed by atoms with Gasteiger partial charge in [0.25, 0.3) is 0 Å². The van der Waals surface area contributed by atoms with Gasteiger partial charge in [0.1, 0.15) is 0 Å². The number of rotatable bonds is 12. The first-order valence-electron chi connectivity index (χ1n) is 6.36. The van der Waals surface area contributed by atoms with Gasteiger partial charge in [0, 0.05) is 14.2 Å². The van der Waals surface area contributed by atoms with Crippen LogP contribution in [0, 0.1) is 0 Å². The van der Waals surface area contributed by atoms with Gasteiger partial charge in [0.15, 0.2) is 0 Å². The molecule has 0 heterocycles. The molecule has 98 valence electrons. The summed E-state index contributed by atoms with van der Waals surface area (Å²) in [6.07, 6.45) is 10.5. The molecule has 0 N–H and O–H groups in total. The van der Waals surface area contributed by atoms with Crippen molar-refractivity contribution in [3.63, 3.8) is 0 Å². The minimum Gasteiger partial charge on any atom is -0.316 e. The lowest BCUT2D eigenvalue weighted by Gasteiger charge is -2.11. The maximum Gasteiger partial charge on any atom is 0.332 e. The second kappa shape index (κ2) is 13.4. The Morgan fingerprint density at radius 2 is 1.25 bits per heavy atom. The zero-order valence-electron chi connectivity index (χ0n) is 11.0. The van der Waals surface area contributed by atoms with Crippen LogP contribution in [0.15, 0.2) is 0 Å². The molecule has 0 aliphatic carbocycles. The van der Waals surface area contributed by atoms with E-state index in [1.54, 1.807) is 14.2 Å². The molecule has 16 heavy (non-hydrogen) atoms. The third-order valence-electron chi connectivity index (χ3n) is 2.49. The molecular weight excluding hydrogens is 223 g/mol. The van der Waals surface area contributed by atoms with Crippen molar-refractivity contribution < 1.29 is 13.6 Å². The molecule has 0 aromatic heterocycles. The average molecular weight is 250 g/mol. The summed E-state index contributed by atoms with van der Waals surface area (Å²) in [5.74, 6) is 0. The fourth-order valence-electron chi connectivity index (χ4n) is 1.55. The summed E-state index contributed by atoms with van der Waals surface area (Å²) in [6, 6.07) is 0. The largest absolute Gasteiger partial charge is 0.332 e. The minimum atomic E-state index is -1.09. The van der Waals surface area contributed by atoms with E-state index in [-0.39, 0.29) is 0 Å². The van der Waals surface area contributed by atoms with Crippen LogP contribution in [0.25, 0.3) is 0 Å². The Kier molecular flexibility index (Phi) is 13.6. The quantitative estimate of drug-likeness (QED) is 0.372. The highest BCUT2D eigenvalue weighted by atomic mass is 31.2. The van der Waals surface area contributed by atoms with Crippen LogP contribution in [0.3, 0.4) is 0 Å². The van der Waals surface area contributed by atoms with Gasteiger partial charge < -0.3 is 13.6 Å². The third-order valence-corrected chi connectivity index (χ3v) is 3.48. The molecule has 0 saturated carbocycles. The van der Waals surface area contributed by atoms with Crippen molar-refractivity contribution in [1.82, 2.24) is 0 Å². The third kappa shape index (κ3) is 10.8. The maximum atomic E-state index is 5.41. The second-order valence-corrected chi connectivity index (χ2v) is 5.33. The van der Waals surface area contributed by atoms with E-state index in [1.165, 1.54) is 44.9 Å². The van der Waals surface area contributed by atoms with Gasteiger partial charge in [-0.15, -0.1) is 0 Å². The first-order valence-corrected chi connectivity index (χ1v) is 7.46. The SMILES string of the molecule is CCCCCCCCCCOP(OC)OC. The molecule has 0 aliphatic rings. The van der Waals surface area contributed by atoms with E-state index < -0.39 is 8.60 Å². The topological polar surface area (TPSA) is 27.7 Å². The summed E-state index contributed by atoms with van der Waals surface area (Å²) in [5.41, 5.74) is 0. The van der Waals surface area contributed by atoms with Crippen LogP contribution >= 0.6 is 8.60 Å². The van der Waals surface area contributed by atoms with Crippen LogP contribution in [-0.4, -0.2) is 20.8 Å². The van der Waals surface area contributed by atoms with Crippen molar-refractivity contribution in [2.24, 2.45) is 0 Å². The molecular formula is C12H27O3P. The summed E-state index contributed by atoms with van der Waals surface area (Å²) >= 11 is 0. The van der Waals surface area contributed by atoms with Crippen LogP contribution in [-0.2, 0) is 13.6 Å². The summed E-state index contributed by atoms with van der Waals surface area (Å²) in [5, 5.41) is 0. The Labute approximate surface area is 102 Å². The molecule has 0 bridgehead atoms. The van der Waals surface area contributed by atoms with E-state index >= 15 is 0 Å². The number of hydrogen-bond donors (Lipinski definition) is 0. The van der Waals surface area contributed by atoms with Crippen molar-refractivity contribution in [2.75, 3.05) is 20.8 Å². The lowest BCUT2D eigenvalue weighted by molar-refractivity contribution is 0.202. The molecule has 0 saturated heterocycles. The van der Waals surface area contributed by atoms with E-state index in [4.69, 9.17) is 13.6 Å². The van der Waals surface area contributed by atoms with Crippen LogP contribution in [0.4, 0.5) is 0 Å². The zero-order valence-corrected chi connectivity index (χ0v) is 11.9. The molecule has 4 heteroatoms. The van der Waals surface area contributed by atoms with Gasteiger partial charge in [-0.2, -0.15) is 0 Å². The summed E-state index contributed by atoms with van der Waals surface area (Å²) < 4.78 is 15.4. The fraction of sp³-hybridized carbons (Fsp3) is 1.00. The van der Waals surface area contributed by atoms with Gasteiger partial charge in [-0.25, -0.2) is 0 Å². The van der Waals surface area contributed by atoms with Crippen molar-refractivity contribution in [3.05, 3.63) is 0 Å². The van der Waals surface area contributed by atoms with Gasteiger partial charge >= 0.3 is 8.60 Å². The molecule has 3 nitrogen and oxygen atoms in total. The molecule has 0 fully saturated rings. The summed E-state index contributed by atoms with van der Waals surface area (Å²) in [4.78, 5) is 0. The minimum absolute atomic E-state index is 0.752. The van der Waals surface area contributed by atoms with Crippen LogP contribution in [0.2, 0.25) is 0 Å². The Balaban J connectivity index is 3.03. The predicted molar refractivity (Wildman–Crippen MR) is 69.5 cm³/mol. The van der Waals surface area contributed by atoms with Crippen molar-refractivity contribution in [1.29, 1.82) is 0 Å². The molecule has 0 rings (SSSR count). The molecule has 0 aliphatic heterocycles. The van der Waals surface area contributed by atoms with Crippen LogP contribution in [0.5, 0.6) is 0 Å². The van der Waals surface area contributed by atoms with Crippen molar-refractivity contribution in [3.8, 4) is 0 Å². The van der Waals surface area contributed by atoms with Gasteiger partial charge in [0.2, 0.25) is 0 Å². The lowest BCUT2D eigenvalue weighted by atomic mass is 10.1. The van der Waals surface area contributed by atoms with E-state index in [9.17, 15) is 0 Å². The maximum absolute atomic E-state index is 5.41. The smallest absolute Gasteiger partial charge is 0.316 e. The monoisotopic (exact) mass is 250 g/mol. The van der Waals surface area contributed by atoms with Crippen molar-refractivity contribution in [2.45, 2.75) is 58.3 Å². The first kappa shape index (κ1) is 16.3. The zero-order chi connectivity index (χ0) is 12.1. The number of unbranched alkanes of at least 4 members (excludes halogenated alkanes) is 7. The van der Waals surface area contributed by atoms with Crippen LogP contribution < -0.4 is 0 Å². The lowest BCUT2D eigenvalue weighted by Crippen LogP contribution is -1.93. The van der Waals surface area contributed by atoms with E-state index in [0.29, 0.717) is 0 Å². The standard InChI is InChI=1S/C12H27O3P/c1-4-5-6-7-8-9-10-11-12-15-16(13-2)14-3/h4-12H2,1-3H3.